The molecule has 1 N–H and O–H groups in total. The van der Waals surface area contributed by atoms with Gasteiger partial charge in [-0.1, -0.05) is 31.5 Å². The molecule has 1 aromatic carbocycles. The summed E-state index contributed by atoms with van der Waals surface area (Å²) in [5, 5.41) is 9.84. The molecule has 2 rings (SSSR count). The summed E-state index contributed by atoms with van der Waals surface area (Å²) < 4.78 is 37.5. The summed E-state index contributed by atoms with van der Waals surface area (Å²) in [7, 11) is 0. The van der Waals surface area contributed by atoms with Crippen LogP contribution in [0.15, 0.2) is 42.6 Å². The molecule has 0 aliphatic rings. The van der Waals surface area contributed by atoms with Crippen molar-refractivity contribution in [2.24, 2.45) is 0 Å². The highest BCUT2D eigenvalue weighted by atomic mass is 19.4. The van der Waals surface area contributed by atoms with Gasteiger partial charge in [-0.2, -0.15) is 13.2 Å². The molecule has 112 valence electrons. The fraction of sp³-hybridized carbons (Fsp3) is 0.312. The molecule has 5 heteroatoms. The third kappa shape index (κ3) is 3.82. The largest absolute Gasteiger partial charge is 0.416 e. The minimum atomic E-state index is -4.33. The molecule has 21 heavy (non-hydrogen) atoms. The van der Waals surface area contributed by atoms with E-state index in [1.54, 1.807) is 18.3 Å². The average molecular weight is 295 g/mol. The highest BCUT2D eigenvalue weighted by Gasteiger charge is 2.29. The van der Waals surface area contributed by atoms with Gasteiger partial charge in [0.25, 0.3) is 0 Å². The fourth-order valence-electron chi connectivity index (χ4n) is 2.04. The number of rotatable bonds is 4. The lowest BCUT2D eigenvalue weighted by Gasteiger charge is -2.10. The van der Waals surface area contributed by atoms with Gasteiger partial charge in [-0.05, 0) is 30.2 Å². The standard InChI is InChI=1S/C16H16F3NO/c1-2-3-15(21)12-6-9-14(20-10-12)11-4-7-13(8-5-11)16(17,18)19/h4-10,15,21H,2-3H2,1H3. The van der Waals surface area contributed by atoms with Crippen LogP contribution in [0.1, 0.15) is 37.0 Å². The molecular formula is C16H16F3NO. The van der Waals surface area contributed by atoms with Gasteiger partial charge in [0.1, 0.15) is 0 Å². The topological polar surface area (TPSA) is 33.1 Å². The summed E-state index contributed by atoms with van der Waals surface area (Å²) in [4.78, 5) is 4.20. The number of aliphatic hydroxyl groups excluding tert-OH is 1. The van der Waals surface area contributed by atoms with Crippen LogP contribution in [0.25, 0.3) is 11.3 Å². The van der Waals surface area contributed by atoms with E-state index in [-0.39, 0.29) is 0 Å². The van der Waals surface area contributed by atoms with E-state index in [1.165, 1.54) is 12.1 Å². The molecule has 0 aliphatic heterocycles. The summed E-state index contributed by atoms with van der Waals surface area (Å²) in [5.41, 5.74) is 1.23. The second-order valence-electron chi connectivity index (χ2n) is 4.86. The molecule has 0 bridgehead atoms. The minimum absolute atomic E-state index is 0.552. The molecule has 0 saturated heterocycles. The SMILES string of the molecule is CCCC(O)c1ccc(-c2ccc(C(F)(F)F)cc2)nc1. The summed E-state index contributed by atoms with van der Waals surface area (Å²) in [6.45, 7) is 1.98. The Bertz CT molecular complexity index is 576. The summed E-state index contributed by atoms with van der Waals surface area (Å²) in [6.07, 6.45) is -1.81. The second-order valence-corrected chi connectivity index (χ2v) is 4.86. The Morgan fingerprint density at radius 3 is 2.24 bits per heavy atom. The van der Waals surface area contributed by atoms with Crippen molar-refractivity contribution >= 4 is 0 Å². The first-order valence-corrected chi connectivity index (χ1v) is 6.73. The molecule has 0 fully saturated rings. The highest BCUT2D eigenvalue weighted by Crippen LogP contribution is 2.30. The summed E-state index contributed by atoms with van der Waals surface area (Å²) >= 11 is 0. The quantitative estimate of drug-likeness (QED) is 0.894. The van der Waals surface area contributed by atoms with Crippen LogP contribution in [-0.2, 0) is 6.18 Å². The molecule has 0 radical (unpaired) electrons. The second kappa shape index (κ2) is 6.26. The fourth-order valence-corrected chi connectivity index (χ4v) is 2.04. The van der Waals surface area contributed by atoms with E-state index in [1.807, 2.05) is 6.92 Å². The van der Waals surface area contributed by atoms with Gasteiger partial charge in [-0.15, -0.1) is 0 Å². The first-order chi connectivity index (χ1) is 9.91. The van der Waals surface area contributed by atoms with Gasteiger partial charge in [0.05, 0.1) is 17.4 Å². The van der Waals surface area contributed by atoms with Gasteiger partial charge < -0.3 is 5.11 Å². The van der Waals surface area contributed by atoms with Crippen molar-refractivity contribution < 1.29 is 18.3 Å². The Labute approximate surface area is 121 Å². The van der Waals surface area contributed by atoms with Gasteiger partial charge >= 0.3 is 6.18 Å². The van der Waals surface area contributed by atoms with Crippen molar-refractivity contribution in [2.75, 3.05) is 0 Å². The van der Waals surface area contributed by atoms with E-state index in [2.05, 4.69) is 4.98 Å². The Kier molecular flexibility index (Phi) is 4.63. The molecule has 2 nitrogen and oxygen atoms in total. The van der Waals surface area contributed by atoms with Crippen LogP contribution in [-0.4, -0.2) is 10.1 Å². The third-order valence-electron chi connectivity index (χ3n) is 3.24. The minimum Gasteiger partial charge on any atom is -0.388 e. The van der Waals surface area contributed by atoms with Gasteiger partial charge in [-0.25, -0.2) is 0 Å². The van der Waals surface area contributed by atoms with Crippen LogP contribution in [0.4, 0.5) is 13.2 Å². The van der Waals surface area contributed by atoms with E-state index in [0.29, 0.717) is 23.2 Å². The number of hydrogen-bond acceptors (Lipinski definition) is 2. The average Bonchev–Trinajstić information content (AvgIpc) is 2.47. The predicted octanol–water partition coefficient (Wildman–Crippen LogP) is 4.60. The van der Waals surface area contributed by atoms with Crippen molar-refractivity contribution in [3.63, 3.8) is 0 Å². The molecule has 0 spiro atoms. The van der Waals surface area contributed by atoms with Crippen LogP contribution in [0, 0.1) is 0 Å². The van der Waals surface area contributed by atoms with Gasteiger partial charge in [0, 0.05) is 11.8 Å². The number of nitrogens with zero attached hydrogens (tertiary/aromatic N) is 1. The van der Waals surface area contributed by atoms with Crippen LogP contribution < -0.4 is 0 Å². The van der Waals surface area contributed by atoms with Crippen molar-refractivity contribution in [1.82, 2.24) is 4.98 Å². The number of halogens is 3. The lowest BCUT2D eigenvalue weighted by atomic mass is 10.0. The molecule has 1 aromatic heterocycles. The lowest BCUT2D eigenvalue weighted by molar-refractivity contribution is -0.137. The zero-order valence-electron chi connectivity index (χ0n) is 11.6. The monoisotopic (exact) mass is 295 g/mol. The summed E-state index contributed by atoms with van der Waals surface area (Å²) in [6, 6.07) is 8.32. The van der Waals surface area contributed by atoms with Crippen LogP contribution >= 0.6 is 0 Å². The van der Waals surface area contributed by atoms with Crippen LogP contribution in [0.3, 0.4) is 0 Å². The van der Waals surface area contributed by atoms with Crippen LogP contribution in [0.5, 0.6) is 0 Å². The van der Waals surface area contributed by atoms with Crippen molar-refractivity contribution in [1.29, 1.82) is 0 Å². The van der Waals surface area contributed by atoms with Crippen molar-refractivity contribution in [2.45, 2.75) is 32.0 Å². The molecule has 0 saturated carbocycles. The van der Waals surface area contributed by atoms with E-state index >= 15 is 0 Å². The van der Waals surface area contributed by atoms with Gasteiger partial charge in [-0.3, -0.25) is 4.98 Å². The van der Waals surface area contributed by atoms with Crippen molar-refractivity contribution in [3.8, 4) is 11.3 Å². The first-order valence-electron chi connectivity index (χ1n) is 6.73. The molecule has 1 atom stereocenters. The molecule has 1 heterocycles. The third-order valence-corrected chi connectivity index (χ3v) is 3.24. The molecule has 1 unspecified atom stereocenters. The molecular weight excluding hydrogens is 279 g/mol. The number of aromatic nitrogens is 1. The zero-order valence-corrected chi connectivity index (χ0v) is 11.6. The van der Waals surface area contributed by atoms with Crippen LogP contribution in [0.2, 0.25) is 0 Å². The van der Waals surface area contributed by atoms with Crippen molar-refractivity contribution in [3.05, 3.63) is 53.7 Å². The zero-order chi connectivity index (χ0) is 15.5. The van der Waals surface area contributed by atoms with E-state index in [0.717, 1.165) is 18.6 Å². The number of benzene rings is 1. The Hall–Kier alpha value is -1.88. The Morgan fingerprint density at radius 1 is 1.10 bits per heavy atom. The Morgan fingerprint density at radius 2 is 1.76 bits per heavy atom. The Balaban J connectivity index is 2.19. The maximum atomic E-state index is 12.5. The first kappa shape index (κ1) is 15.5. The lowest BCUT2D eigenvalue weighted by Crippen LogP contribution is -2.04. The maximum Gasteiger partial charge on any atom is 0.416 e. The molecule has 0 amide bonds. The molecule has 0 aliphatic carbocycles. The van der Waals surface area contributed by atoms with Gasteiger partial charge in [0.2, 0.25) is 0 Å². The number of hydrogen-bond donors (Lipinski definition) is 1. The smallest absolute Gasteiger partial charge is 0.388 e. The predicted molar refractivity (Wildman–Crippen MR) is 74.5 cm³/mol. The summed E-state index contributed by atoms with van der Waals surface area (Å²) in [5.74, 6) is 0. The highest BCUT2D eigenvalue weighted by molar-refractivity contribution is 5.59. The normalized spacial score (nSPS) is 13.2. The number of alkyl halides is 3. The number of aliphatic hydroxyl groups is 1. The van der Waals surface area contributed by atoms with Gasteiger partial charge in [0.15, 0.2) is 0 Å². The molecule has 2 aromatic rings. The van der Waals surface area contributed by atoms with E-state index < -0.39 is 17.8 Å². The number of pyridine rings is 1. The van der Waals surface area contributed by atoms with E-state index in [4.69, 9.17) is 0 Å². The maximum absolute atomic E-state index is 12.5. The van der Waals surface area contributed by atoms with E-state index in [9.17, 15) is 18.3 Å².